The topological polar surface area (TPSA) is 46.8 Å². The molecule has 0 radical (unpaired) electrons. The van der Waals surface area contributed by atoms with E-state index in [2.05, 4.69) is 18.2 Å². The van der Waals surface area contributed by atoms with Gasteiger partial charge in [0.1, 0.15) is 18.5 Å². The number of ether oxygens (including phenoxy) is 4. The Bertz CT molecular complexity index is 429. The number of rotatable bonds is 7. The molecule has 3 aliphatic heterocycles. The summed E-state index contributed by atoms with van der Waals surface area (Å²) >= 11 is 0. The summed E-state index contributed by atoms with van der Waals surface area (Å²) in [4.78, 5) is 0. The van der Waals surface area contributed by atoms with E-state index in [9.17, 15) is 0 Å². The van der Waals surface area contributed by atoms with E-state index in [4.69, 9.17) is 18.9 Å². The monoisotopic (exact) mass is 262 g/mol. The lowest BCUT2D eigenvalue weighted by Crippen LogP contribution is -2.10. The molecule has 0 aliphatic carbocycles. The van der Waals surface area contributed by atoms with Crippen molar-refractivity contribution in [2.75, 3.05) is 26.4 Å². The van der Waals surface area contributed by atoms with Gasteiger partial charge in [-0.3, -0.25) is 0 Å². The molecule has 0 bridgehead atoms. The van der Waals surface area contributed by atoms with Crippen molar-refractivity contribution in [2.24, 2.45) is 0 Å². The minimum atomic E-state index is 0.287. The van der Waals surface area contributed by atoms with Crippen LogP contribution in [-0.2, 0) is 27.1 Å². The average molecular weight is 262 g/mol. The molecule has 3 atom stereocenters. The van der Waals surface area contributed by atoms with Crippen molar-refractivity contribution in [2.45, 2.75) is 31.2 Å². The van der Waals surface area contributed by atoms with Crippen LogP contribution in [0.4, 0.5) is 0 Å². The zero-order chi connectivity index (χ0) is 12.7. The van der Waals surface area contributed by atoms with Crippen LogP contribution >= 0.6 is 0 Å². The highest BCUT2D eigenvalue weighted by Gasteiger charge is 2.29. The van der Waals surface area contributed by atoms with Crippen LogP contribution in [0.25, 0.3) is 0 Å². The summed E-state index contributed by atoms with van der Waals surface area (Å²) in [5, 5.41) is 0. The molecule has 19 heavy (non-hydrogen) atoms. The van der Waals surface area contributed by atoms with Gasteiger partial charge < -0.3 is 18.9 Å². The number of epoxide rings is 3. The van der Waals surface area contributed by atoms with Crippen LogP contribution in [0.5, 0.6) is 5.75 Å². The summed E-state index contributed by atoms with van der Waals surface area (Å²) in [5.74, 6) is 1.03. The van der Waals surface area contributed by atoms with Crippen molar-refractivity contribution in [1.29, 1.82) is 0 Å². The Morgan fingerprint density at radius 2 is 1.42 bits per heavy atom. The zero-order valence-corrected chi connectivity index (χ0v) is 10.8. The van der Waals surface area contributed by atoms with Crippen LogP contribution < -0.4 is 4.74 Å². The first-order chi connectivity index (χ1) is 9.38. The predicted octanol–water partition coefficient (Wildman–Crippen LogP) is 1.35. The summed E-state index contributed by atoms with van der Waals surface area (Å²) in [6.45, 7) is 3.23. The van der Waals surface area contributed by atoms with E-state index < -0.39 is 0 Å². The molecule has 4 heteroatoms. The minimum absolute atomic E-state index is 0.287. The molecular formula is C15H18O4. The van der Waals surface area contributed by atoms with Crippen molar-refractivity contribution >= 4 is 0 Å². The van der Waals surface area contributed by atoms with Gasteiger partial charge in [0, 0.05) is 12.8 Å². The summed E-state index contributed by atoms with van der Waals surface area (Å²) in [7, 11) is 0. The Balaban J connectivity index is 1.54. The predicted molar refractivity (Wildman–Crippen MR) is 68.6 cm³/mol. The van der Waals surface area contributed by atoms with Crippen molar-refractivity contribution in [3.05, 3.63) is 29.3 Å². The van der Waals surface area contributed by atoms with Crippen LogP contribution in [0.15, 0.2) is 18.2 Å². The lowest BCUT2D eigenvalue weighted by atomic mass is 10.0. The molecule has 0 N–H and O–H groups in total. The summed E-state index contributed by atoms with van der Waals surface area (Å²) in [6.07, 6.45) is 2.94. The van der Waals surface area contributed by atoms with Gasteiger partial charge in [0.05, 0.1) is 32.0 Å². The van der Waals surface area contributed by atoms with Crippen LogP contribution in [0.3, 0.4) is 0 Å². The highest BCUT2D eigenvalue weighted by molar-refractivity contribution is 5.43. The van der Waals surface area contributed by atoms with Crippen molar-refractivity contribution in [1.82, 2.24) is 0 Å². The number of benzene rings is 1. The summed E-state index contributed by atoms with van der Waals surface area (Å²) in [5.41, 5.74) is 2.50. The van der Waals surface area contributed by atoms with Gasteiger partial charge in [-0.05, 0) is 11.1 Å². The first-order valence-electron chi connectivity index (χ1n) is 6.97. The smallest absolute Gasteiger partial charge is 0.126 e. The second-order valence-corrected chi connectivity index (χ2v) is 5.49. The maximum Gasteiger partial charge on any atom is 0.126 e. The van der Waals surface area contributed by atoms with E-state index in [-0.39, 0.29) is 6.10 Å². The maximum atomic E-state index is 6.01. The third-order valence-electron chi connectivity index (χ3n) is 3.69. The molecule has 3 heterocycles. The Morgan fingerprint density at radius 1 is 0.895 bits per heavy atom. The van der Waals surface area contributed by atoms with E-state index in [1.54, 1.807) is 0 Å². The molecule has 4 rings (SSSR count). The van der Waals surface area contributed by atoms with E-state index in [1.165, 1.54) is 11.1 Å². The zero-order valence-electron chi connectivity index (χ0n) is 10.8. The highest BCUT2D eigenvalue weighted by atomic mass is 16.6. The SMILES string of the molecule is c1cc(CC2CO2)c(OCC2CO2)c(C[C@H]2CO2)c1. The van der Waals surface area contributed by atoms with E-state index in [0.717, 1.165) is 38.4 Å². The average Bonchev–Trinajstić information content (AvgIpc) is 3.24. The fourth-order valence-electron chi connectivity index (χ4n) is 2.35. The first-order valence-corrected chi connectivity index (χ1v) is 6.97. The normalized spacial score (nSPS) is 31.1. The van der Waals surface area contributed by atoms with Gasteiger partial charge in [0.15, 0.2) is 0 Å². The molecule has 3 fully saturated rings. The molecule has 102 valence electrons. The van der Waals surface area contributed by atoms with Crippen molar-refractivity contribution in [3.8, 4) is 5.75 Å². The van der Waals surface area contributed by atoms with Crippen molar-refractivity contribution in [3.63, 3.8) is 0 Å². The Hall–Kier alpha value is -1.10. The summed E-state index contributed by atoms with van der Waals surface area (Å²) < 4.78 is 21.9. The highest BCUT2D eigenvalue weighted by Crippen LogP contribution is 2.31. The molecule has 0 amide bonds. The molecule has 3 saturated heterocycles. The summed E-state index contributed by atoms with van der Waals surface area (Å²) in [6, 6.07) is 6.39. The molecule has 3 aliphatic rings. The van der Waals surface area contributed by atoms with E-state index in [0.29, 0.717) is 18.8 Å². The molecule has 1 aromatic rings. The fourth-order valence-corrected chi connectivity index (χ4v) is 2.35. The first kappa shape index (κ1) is 11.7. The van der Waals surface area contributed by atoms with Crippen LogP contribution in [0.2, 0.25) is 0 Å². The third kappa shape index (κ3) is 3.08. The quantitative estimate of drug-likeness (QED) is 0.696. The van der Waals surface area contributed by atoms with Gasteiger partial charge in [-0.2, -0.15) is 0 Å². The Kier molecular flexibility index (Phi) is 2.94. The molecule has 0 saturated carbocycles. The molecule has 0 spiro atoms. The minimum Gasteiger partial charge on any atom is -0.490 e. The number of hydrogen-bond donors (Lipinski definition) is 0. The van der Waals surface area contributed by atoms with Gasteiger partial charge in [0.2, 0.25) is 0 Å². The standard InChI is InChI=1S/C15H18O4/c1-2-10(4-12-6-16-12)15(19-9-14-8-18-14)11(3-1)5-13-7-17-13/h1-3,12-14H,4-9H2/t12-,13?,14?/m0/s1. The fraction of sp³-hybridized carbons (Fsp3) is 0.600. The lowest BCUT2D eigenvalue weighted by molar-refractivity contribution is 0.257. The third-order valence-corrected chi connectivity index (χ3v) is 3.69. The van der Waals surface area contributed by atoms with Crippen molar-refractivity contribution < 1.29 is 18.9 Å². The Morgan fingerprint density at radius 3 is 1.89 bits per heavy atom. The van der Waals surface area contributed by atoms with E-state index >= 15 is 0 Å². The van der Waals surface area contributed by atoms with Gasteiger partial charge in [-0.25, -0.2) is 0 Å². The maximum absolute atomic E-state index is 6.01. The van der Waals surface area contributed by atoms with Crippen LogP contribution in [0, 0.1) is 0 Å². The van der Waals surface area contributed by atoms with Crippen LogP contribution in [0.1, 0.15) is 11.1 Å². The number of para-hydroxylation sites is 1. The largest absolute Gasteiger partial charge is 0.490 e. The molecule has 0 aromatic heterocycles. The van der Waals surface area contributed by atoms with Gasteiger partial charge >= 0.3 is 0 Å². The lowest BCUT2D eigenvalue weighted by Gasteiger charge is -2.14. The molecule has 2 unspecified atom stereocenters. The molecular weight excluding hydrogens is 244 g/mol. The second-order valence-electron chi connectivity index (χ2n) is 5.49. The second kappa shape index (κ2) is 4.78. The molecule has 4 nitrogen and oxygen atoms in total. The van der Waals surface area contributed by atoms with Gasteiger partial charge in [0.25, 0.3) is 0 Å². The number of hydrogen-bond acceptors (Lipinski definition) is 4. The van der Waals surface area contributed by atoms with Crippen LogP contribution in [-0.4, -0.2) is 44.7 Å². The van der Waals surface area contributed by atoms with Gasteiger partial charge in [-0.1, -0.05) is 18.2 Å². The molecule has 1 aromatic carbocycles. The Labute approximate surface area is 112 Å². The van der Waals surface area contributed by atoms with E-state index in [1.807, 2.05) is 0 Å². The van der Waals surface area contributed by atoms with Gasteiger partial charge in [-0.15, -0.1) is 0 Å².